The van der Waals surface area contributed by atoms with E-state index >= 15 is 0 Å². The molecule has 2 aromatic rings. The summed E-state index contributed by atoms with van der Waals surface area (Å²) in [7, 11) is 0. The Kier molecular flexibility index (Phi) is 5.44. The average molecular weight is 383 g/mol. The second kappa shape index (κ2) is 7.32. The summed E-state index contributed by atoms with van der Waals surface area (Å²) in [5.41, 5.74) is 5.61. The van der Waals surface area contributed by atoms with Gasteiger partial charge in [0.15, 0.2) is 0 Å². The summed E-state index contributed by atoms with van der Waals surface area (Å²) in [6.07, 6.45) is -0.0734. The maximum absolute atomic E-state index is 13.4. The molecule has 4 nitrogen and oxygen atoms in total. The molecule has 0 radical (unpaired) electrons. The average Bonchev–Trinajstić information content (AvgIpc) is 2.51. The van der Waals surface area contributed by atoms with E-state index in [1.54, 1.807) is 0 Å². The molecule has 2 rings (SSSR count). The van der Waals surface area contributed by atoms with Gasteiger partial charge in [-0.15, -0.1) is 0 Å². The first-order valence-corrected chi connectivity index (χ1v) is 7.48. The van der Waals surface area contributed by atoms with E-state index in [4.69, 9.17) is 5.73 Å². The lowest BCUT2D eigenvalue weighted by Gasteiger charge is -2.23. The van der Waals surface area contributed by atoms with E-state index in [1.807, 2.05) is 0 Å². The van der Waals surface area contributed by atoms with Crippen LogP contribution in [0.3, 0.4) is 0 Å². The molecule has 0 spiro atoms. The first kappa shape index (κ1) is 17.1. The zero-order valence-corrected chi connectivity index (χ0v) is 13.5. The van der Waals surface area contributed by atoms with Crippen molar-refractivity contribution in [1.82, 2.24) is 0 Å². The quantitative estimate of drug-likeness (QED) is 0.862. The number of halogens is 3. The van der Waals surface area contributed by atoms with Gasteiger partial charge in [0.25, 0.3) is 5.91 Å². The highest BCUT2D eigenvalue weighted by atomic mass is 79.9. The normalized spacial score (nSPS) is 10.4. The molecule has 0 aliphatic heterocycles. The van der Waals surface area contributed by atoms with Crippen LogP contribution in [0.4, 0.5) is 14.5 Å². The second-order valence-electron chi connectivity index (χ2n) is 4.77. The Hall–Kier alpha value is -2.28. The molecule has 0 aliphatic carbocycles. The van der Waals surface area contributed by atoms with Crippen molar-refractivity contribution in [3.63, 3.8) is 0 Å². The van der Waals surface area contributed by atoms with Gasteiger partial charge in [-0.3, -0.25) is 9.59 Å². The van der Waals surface area contributed by atoms with Gasteiger partial charge in [0, 0.05) is 23.1 Å². The van der Waals surface area contributed by atoms with Gasteiger partial charge in [0.05, 0.1) is 5.56 Å². The molecule has 0 saturated heterocycles. The van der Waals surface area contributed by atoms with E-state index in [0.717, 1.165) is 6.07 Å². The molecule has 7 heteroatoms. The standard InChI is InChI=1S/C16H13BrF2N2O2/c17-14-6-3-11(19)9-13(14)16(23)21(8-7-15(20)22)12-4-1-10(18)2-5-12/h1-6,9H,7-8H2,(H2,20,22). The summed E-state index contributed by atoms with van der Waals surface area (Å²) < 4.78 is 26.9. The Bertz CT molecular complexity index is 735. The van der Waals surface area contributed by atoms with Crippen LogP contribution in [0.1, 0.15) is 16.8 Å². The summed E-state index contributed by atoms with van der Waals surface area (Å²) in [5.74, 6) is -2.12. The molecule has 0 aliphatic rings. The summed E-state index contributed by atoms with van der Waals surface area (Å²) in [5, 5.41) is 0. The van der Waals surface area contributed by atoms with Crippen LogP contribution >= 0.6 is 15.9 Å². The van der Waals surface area contributed by atoms with Gasteiger partial charge in [-0.1, -0.05) is 0 Å². The van der Waals surface area contributed by atoms with E-state index in [1.165, 1.54) is 41.3 Å². The number of primary amides is 1. The van der Waals surface area contributed by atoms with Crippen molar-refractivity contribution in [2.24, 2.45) is 5.73 Å². The Morgan fingerprint density at radius 1 is 1.04 bits per heavy atom. The molecule has 0 unspecified atom stereocenters. The van der Waals surface area contributed by atoms with Gasteiger partial charge in [0.1, 0.15) is 11.6 Å². The molecule has 0 heterocycles. The van der Waals surface area contributed by atoms with Crippen molar-refractivity contribution in [2.45, 2.75) is 6.42 Å². The predicted octanol–water partition coefficient (Wildman–Crippen LogP) is 3.25. The van der Waals surface area contributed by atoms with E-state index in [9.17, 15) is 18.4 Å². The molecule has 0 bridgehead atoms. The van der Waals surface area contributed by atoms with Gasteiger partial charge in [-0.25, -0.2) is 8.78 Å². The number of rotatable bonds is 5. The number of nitrogens with two attached hydrogens (primary N) is 1. The highest BCUT2D eigenvalue weighted by Gasteiger charge is 2.21. The highest BCUT2D eigenvalue weighted by molar-refractivity contribution is 9.10. The van der Waals surface area contributed by atoms with Crippen LogP contribution in [0, 0.1) is 11.6 Å². The van der Waals surface area contributed by atoms with E-state index in [0.29, 0.717) is 10.2 Å². The Labute approximate surface area is 140 Å². The number of amides is 2. The van der Waals surface area contributed by atoms with Crippen LogP contribution in [0.5, 0.6) is 0 Å². The van der Waals surface area contributed by atoms with Gasteiger partial charge >= 0.3 is 0 Å². The van der Waals surface area contributed by atoms with Crippen LogP contribution in [0.25, 0.3) is 0 Å². The predicted molar refractivity (Wildman–Crippen MR) is 86.0 cm³/mol. The molecule has 2 amide bonds. The summed E-state index contributed by atoms with van der Waals surface area (Å²) >= 11 is 3.20. The third kappa shape index (κ3) is 4.35. The minimum atomic E-state index is -0.580. The van der Waals surface area contributed by atoms with Crippen molar-refractivity contribution >= 4 is 33.4 Å². The van der Waals surface area contributed by atoms with E-state index < -0.39 is 23.4 Å². The minimum absolute atomic E-state index is 0.00273. The molecule has 0 saturated carbocycles. The van der Waals surface area contributed by atoms with Crippen LogP contribution in [0.2, 0.25) is 0 Å². The third-order valence-corrected chi connectivity index (χ3v) is 3.82. The Morgan fingerprint density at radius 2 is 1.65 bits per heavy atom. The Morgan fingerprint density at radius 3 is 2.26 bits per heavy atom. The lowest BCUT2D eigenvalue weighted by molar-refractivity contribution is -0.117. The number of hydrogen-bond acceptors (Lipinski definition) is 2. The fourth-order valence-corrected chi connectivity index (χ4v) is 2.41. The molecule has 23 heavy (non-hydrogen) atoms. The largest absolute Gasteiger partial charge is 0.370 e. The first-order valence-electron chi connectivity index (χ1n) is 6.69. The number of nitrogens with zero attached hydrogens (tertiary/aromatic N) is 1. The van der Waals surface area contributed by atoms with Gasteiger partial charge in [0.2, 0.25) is 5.91 Å². The number of hydrogen-bond donors (Lipinski definition) is 1. The maximum Gasteiger partial charge on any atom is 0.259 e. The molecule has 2 N–H and O–H groups in total. The third-order valence-electron chi connectivity index (χ3n) is 3.12. The zero-order chi connectivity index (χ0) is 17.0. The number of anilines is 1. The monoisotopic (exact) mass is 382 g/mol. The van der Waals surface area contributed by atoms with Gasteiger partial charge < -0.3 is 10.6 Å². The molecular weight excluding hydrogens is 370 g/mol. The van der Waals surface area contributed by atoms with Crippen LogP contribution in [0.15, 0.2) is 46.9 Å². The zero-order valence-electron chi connectivity index (χ0n) is 11.9. The van der Waals surface area contributed by atoms with Crippen LogP contribution in [-0.2, 0) is 4.79 Å². The summed E-state index contributed by atoms with van der Waals surface area (Å²) in [6.45, 7) is 0.00273. The van der Waals surface area contributed by atoms with Crippen LogP contribution < -0.4 is 10.6 Å². The Balaban J connectivity index is 2.39. The number of carbonyl (C=O) groups excluding carboxylic acids is 2. The van der Waals surface area contributed by atoms with Crippen molar-refractivity contribution in [1.29, 1.82) is 0 Å². The minimum Gasteiger partial charge on any atom is -0.370 e. The molecule has 0 atom stereocenters. The molecule has 0 fully saturated rings. The maximum atomic E-state index is 13.4. The highest BCUT2D eigenvalue weighted by Crippen LogP contribution is 2.23. The SMILES string of the molecule is NC(=O)CCN(C(=O)c1cc(F)ccc1Br)c1ccc(F)cc1. The lowest BCUT2D eigenvalue weighted by atomic mass is 10.1. The lowest BCUT2D eigenvalue weighted by Crippen LogP contribution is -2.34. The number of benzene rings is 2. The van der Waals surface area contributed by atoms with Gasteiger partial charge in [-0.05, 0) is 58.4 Å². The number of carbonyl (C=O) groups is 2. The van der Waals surface area contributed by atoms with Crippen LogP contribution in [-0.4, -0.2) is 18.4 Å². The molecule has 0 aromatic heterocycles. The molecule has 120 valence electrons. The topological polar surface area (TPSA) is 63.4 Å². The molecular formula is C16H13BrF2N2O2. The molecule has 2 aromatic carbocycles. The van der Waals surface area contributed by atoms with Crippen molar-refractivity contribution in [3.8, 4) is 0 Å². The van der Waals surface area contributed by atoms with Gasteiger partial charge in [-0.2, -0.15) is 0 Å². The van der Waals surface area contributed by atoms with E-state index in [-0.39, 0.29) is 18.5 Å². The van der Waals surface area contributed by atoms with Crippen molar-refractivity contribution < 1.29 is 18.4 Å². The van der Waals surface area contributed by atoms with E-state index in [2.05, 4.69) is 15.9 Å². The summed E-state index contributed by atoms with van der Waals surface area (Å²) in [6, 6.07) is 8.92. The van der Waals surface area contributed by atoms with Crippen molar-refractivity contribution in [3.05, 3.63) is 64.1 Å². The smallest absolute Gasteiger partial charge is 0.259 e. The summed E-state index contributed by atoms with van der Waals surface area (Å²) in [4.78, 5) is 25.0. The fourth-order valence-electron chi connectivity index (χ4n) is 2.00. The second-order valence-corrected chi connectivity index (χ2v) is 5.63. The fraction of sp³-hybridized carbons (Fsp3) is 0.125. The first-order chi connectivity index (χ1) is 10.9. The van der Waals surface area contributed by atoms with Crippen molar-refractivity contribution in [2.75, 3.05) is 11.4 Å².